The van der Waals surface area contributed by atoms with Crippen LogP contribution in [0.5, 0.6) is 0 Å². The van der Waals surface area contributed by atoms with Gasteiger partial charge in [0, 0.05) is 37.4 Å². The summed E-state index contributed by atoms with van der Waals surface area (Å²) in [5, 5.41) is 0. The summed E-state index contributed by atoms with van der Waals surface area (Å²) in [6.07, 6.45) is 9.64. The molecule has 154 valence electrons. The first-order valence-electron chi connectivity index (χ1n) is 9.78. The van der Waals surface area contributed by atoms with E-state index in [1.165, 1.54) is 36.7 Å². The number of benzene rings is 1. The Morgan fingerprint density at radius 1 is 1.25 bits per heavy atom. The van der Waals surface area contributed by atoms with Gasteiger partial charge in [-0.15, -0.1) is 0 Å². The predicted molar refractivity (Wildman–Crippen MR) is 112 cm³/mol. The van der Waals surface area contributed by atoms with E-state index >= 15 is 0 Å². The van der Waals surface area contributed by atoms with Crippen LogP contribution in [-0.2, 0) is 10.0 Å². The Hall–Kier alpha value is -1.90. The number of hydrogen-bond donors (Lipinski definition) is 2. The Labute approximate surface area is 167 Å². The Kier molecular flexibility index (Phi) is 5.84. The number of anilines is 1. The minimum absolute atomic E-state index is 0.167. The maximum absolute atomic E-state index is 12.9. The largest absolute Gasteiger partial charge is 0.397 e. The molecule has 7 nitrogen and oxygen atoms in total. The van der Waals surface area contributed by atoms with Crippen molar-refractivity contribution < 1.29 is 8.42 Å². The Morgan fingerprint density at radius 3 is 2.54 bits per heavy atom. The van der Waals surface area contributed by atoms with E-state index in [2.05, 4.69) is 4.98 Å². The van der Waals surface area contributed by atoms with Gasteiger partial charge in [0.05, 0.1) is 16.3 Å². The normalized spacial score (nSPS) is 16.6. The molecule has 0 amide bonds. The third-order valence-corrected chi connectivity index (χ3v) is 7.04. The van der Waals surface area contributed by atoms with Crippen molar-refractivity contribution in [3.63, 3.8) is 0 Å². The number of nitrogens with two attached hydrogens (primary N) is 2. The van der Waals surface area contributed by atoms with Crippen LogP contribution in [0.3, 0.4) is 0 Å². The molecule has 1 heterocycles. The average molecular weight is 406 g/mol. The molecule has 0 bridgehead atoms. The molecule has 0 aliphatic heterocycles. The Morgan fingerprint density at radius 2 is 1.93 bits per heavy atom. The topological polar surface area (TPSA) is 107 Å². The molecular formula is C20H31N5O2S. The van der Waals surface area contributed by atoms with Crippen LogP contribution in [0.4, 0.5) is 5.69 Å². The van der Waals surface area contributed by atoms with Crippen molar-refractivity contribution in [1.29, 1.82) is 0 Å². The van der Waals surface area contributed by atoms with Gasteiger partial charge in [-0.2, -0.15) is 4.31 Å². The van der Waals surface area contributed by atoms with E-state index in [1.54, 1.807) is 32.2 Å². The van der Waals surface area contributed by atoms with Crippen LogP contribution in [0.15, 0.2) is 35.5 Å². The molecule has 4 N–H and O–H groups in total. The number of imidazole rings is 1. The molecule has 0 unspecified atom stereocenters. The van der Waals surface area contributed by atoms with Crippen molar-refractivity contribution >= 4 is 15.7 Å². The highest BCUT2D eigenvalue weighted by Crippen LogP contribution is 2.34. The summed E-state index contributed by atoms with van der Waals surface area (Å²) in [5.74, 6) is 1.42. The number of rotatable bonds is 6. The zero-order valence-electron chi connectivity index (χ0n) is 16.9. The molecule has 2 aromatic rings. The predicted octanol–water partition coefficient (Wildman–Crippen LogP) is 2.86. The minimum Gasteiger partial charge on any atom is -0.397 e. The van der Waals surface area contributed by atoms with Crippen molar-refractivity contribution in [1.82, 2.24) is 13.9 Å². The van der Waals surface area contributed by atoms with Crippen molar-refractivity contribution in [2.45, 2.75) is 62.3 Å². The maximum atomic E-state index is 12.9. The molecule has 3 rings (SSSR count). The number of nitrogen functional groups attached to an aromatic ring is 1. The lowest BCUT2D eigenvalue weighted by Crippen LogP contribution is -2.45. The number of sulfonamides is 1. The molecule has 0 atom stereocenters. The summed E-state index contributed by atoms with van der Waals surface area (Å²) in [6, 6.07) is 4.89. The third kappa shape index (κ3) is 4.39. The van der Waals surface area contributed by atoms with Gasteiger partial charge in [0.1, 0.15) is 5.82 Å². The summed E-state index contributed by atoms with van der Waals surface area (Å²) in [6.45, 7) is 3.80. The molecule has 0 spiro atoms. The van der Waals surface area contributed by atoms with Crippen molar-refractivity contribution in [2.75, 3.05) is 19.3 Å². The van der Waals surface area contributed by atoms with Crippen LogP contribution in [-0.4, -0.2) is 41.4 Å². The highest BCUT2D eigenvalue weighted by atomic mass is 32.2. The van der Waals surface area contributed by atoms with Gasteiger partial charge in [-0.3, -0.25) is 0 Å². The van der Waals surface area contributed by atoms with Crippen molar-refractivity contribution in [3.8, 4) is 5.69 Å². The monoisotopic (exact) mass is 405 g/mol. The summed E-state index contributed by atoms with van der Waals surface area (Å²) in [7, 11) is -2.13. The molecule has 1 saturated carbocycles. The molecule has 1 aliphatic carbocycles. The van der Waals surface area contributed by atoms with Crippen molar-refractivity contribution in [3.05, 3.63) is 36.4 Å². The van der Waals surface area contributed by atoms with Crippen LogP contribution in [0.2, 0.25) is 0 Å². The second kappa shape index (κ2) is 7.85. The number of hydrogen-bond acceptors (Lipinski definition) is 5. The molecule has 0 radical (unpaired) electrons. The SMILES string of the molecule is CN(CC(C)(C)N)S(=O)(=O)c1ccc(-n2ccnc2C2CCCCC2)c(N)c1. The summed E-state index contributed by atoms with van der Waals surface area (Å²) in [4.78, 5) is 4.73. The van der Waals surface area contributed by atoms with Crippen LogP contribution < -0.4 is 11.5 Å². The van der Waals surface area contributed by atoms with E-state index in [4.69, 9.17) is 11.5 Å². The van der Waals surface area contributed by atoms with Gasteiger partial charge < -0.3 is 16.0 Å². The van der Waals surface area contributed by atoms with Gasteiger partial charge in [-0.25, -0.2) is 13.4 Å². The first-order valence-corrected chi connectivity index (χ1v) is 11.2. The Bertz CT molecular complexity index is 924. The molecule has 1 aliphatic rings. The molecule has 28 heavy (non-hydrogen) atoms. The molecule has 1 aromatic heterocycles. The first kappa shape index (κ1) is 20.8. The quantitative estimate of drug-likeness (QED) is 0.719. The molecule has 0 saturated heterocycles. The zero-order valence-corrected chi connectivity index (χ0v) is 17.7. The fraction of sp³-hybridized carbons (Fsp3) is 0.550. The first-order chi connectivity index (χ1) is 13.1. The van der Waals surface area contributed by atoms with E-state index in [1.807, 2.05) is 10.8 Å². The maximum Gasteiger partial charge on any atom is 0.242 e. The highest BCUT2D eigenvalue weighted by molar-refractivity contribution is 7.89. The van der Waals surface area contributed by atoms with E-state index < -0.39 is 15.6 Å². The lowest BCUT2D eigenvalue weighted by atomic mass is 9.88. The molecular weight excluding hydrogens is 374 g/mol. The fourth-order valence-electron chi connectivity index (χ4n) is 3.93. The third-order valence-electron chi connectivity index (χ3n) is 5.24. The highest BCUT2D eigenvalue weighted by Gasteiger charge is 2.27. The van der Waals surface area contributed by atoms with E-state index in [0.717, 1.165) is 24.4 Å². The smallest absolute Gasteiger partial charge is 0.242 e. The fourth-order valence-corrected chi connectivity index (χ4v) is 5.31. The Balaban J connectivity index is 1.91. The lowest BCUT2D eigenvalue weighted by Gasteiger charge is -2.26. The van der Waals surface area contributed by atoms with Gasteiger partial charge in [-0.1, -0.05) is 19.3 Å². The van der Waals surface area contributed by atoms with Crippen LogP contribution >= 0.6 is 0 Å². The van der Waals surface area contributed by atoms with Crippen LogP contribution in [0.25, 0.3) is 5.69 Å². The van der Waals surface area contributed by atoms with Gasteiger partial charge >= 0.3 is 0 Å². The van der Waals surface area contributed by atoms with Gasteiger partial charge in [-0.05, 0) is 44.9 Å². The van der Waals surface area contributed by atoms with Crippen molar-refractivity contribution in [2.24, 2.45) is 5.73 Å². The molecule has 8 heteroatoms. The van der Waals surface area contributed by atoms with Gasteiger partial charge in [0.15, 0.2) is 0 Å². The standard InChI is InChI=1S/C20H31N5O2S/c1-20(2,22)14-24(3)28(26,27)16-9-10-18(17(21)13-16)25-12-11-23-19(25)15-7-5-4-6-8-15/h9-13,15H,4-8,14,21-22H2,1-3H3. The number of aromatic nitrogens is 2. The zero-order chi connectivity index (χ0) is 20.5. The molecule has 1 fully saturated rings. The number of likely N-dealkylation sites (N-methyl/N-ethyl adjacent to an activating group) is 1. The van der Waals surface area contributed by atoms with E-state index in [-0.39, 0.29) is 11.4 Å². The average Bonchev–Trinajstić information content (AvgIpc) is 3.10. The lowest BCUT2D eigenvalue weighted by molar-refractivity contribution is 0.373. The van der Waals surface area contributed by atoms with Gasteiger partial charge in [0.2, 0.25) is 10.0 Å². The number of nitrogens with zero attached hydrogens (tertiary/aromatic N) is 3. The second-order valence-electron chi connectivity index (χ2n) is 8.46. The van der Waals surface area contributed by atoms with E-state index in [9.17, 15) is 8.42 Å². The van der Waals surface area contributed by atoms with Crippen LogP contribution in [0.1, 0.15) is 57.7 Å². The minimum atomic E-state index is -3.66. The summed E-state index contributed by atoms with van der Waals surface area (Å²) >= 11 is 0. The van der Waals surface area contributed by atoms with Gasteiger partial charge in [0.25, 0.3) is 0 Å². The van der Waals surface area contributed by atoms with Crippen LogP contribution in [0, 0.1) is 0 Å². The summed E-state index contributed by atoms with van der Waals surface area (Å²) < 4.78 is 29.0. The second-order valence-corrected chi connectivity index (χ2v) is 10.5. The summed E-state index contributed by atoms with van der Waals surface area (Å²) in [5.41, 5.74) is 12.8. The van der Waals surface area contributed by atoms with E-state index in [0.29, 0.717) is 11.6 Å². The molecule has 1 aromatic carbocycles.